The molecule has 2 heterocycles. The smallest absolute Gasteiger partial charge is 0.263 e. The number of amides is 1. The number of carbonyl (C=O) groups excluding carboxylic acids is 1. The van der Waals surface area contributed by atoms with Crippen molar-refractivity contribution < 1.29 is 23.5 Å². The van der Waals surface area contributed by atoms with Crippen LogP contribution in [0.5, 0.6) is 17.2 Å². The number of nitrogens with zero attached hydrogens (tertiary/aromatic N) is 3. The molecular formula is C26H27N3O5S. The van der Waals surface area contributed by atoms with E-state index in [1.807, 2.05) is 40.6 Å². The van der Waals surface area contributed by atoms with E-state index in [1.165, 1.54) is 16.9 Å². The Morgan fingerprint density at radius 2 is 1.66 bits per heavy atom. The number of aromatic nitrogens is 2. The predicted octanol–water partition coefficient (Wildman–Crippen LogP) is 4.75. The fraction of sp³-hybridized carbons (Fsp3) is 0.269. The van der Waals surface area contributed by atoms with Crippen LogP contribution in [-0.4, -0.2) is 55.4 Å². The zero-order valence-corrected chi connectivity index (χ0v) is 20.7. The van der Waals surface area contributed by atoms with E-state index in [4.69, 9.17) is 18.7 Å². The Balaban J connectivity index is 1.49. The Kier molecular flexibility index (Phi) is 7.99. The molecule has 0 aliphatic carbocycles. The monoisotopic (exact) mass is 493 g/mol. The lowest BCUT2D eigenvalue weighted by atomic mass is 10.1. The lowest BCUT2D eigenvalue weighted by Crippen LogP contribution is -2.34. The average molecular weight is 494 g/mol. The van der Waals surface area contributed by atoms with E-state index >= 15 is 0 Å². The van der Waals surface area contributed by atoms with E-state index in [-0.39, 0.29) is 5.91 Å². The van der Waals surface area contributed by atoms with Crippen LogP contribution < -0.4 is 14.2 Å². The second kappa shape index (κ2) is 11.5. The molecule has 0 saturated carbocycles. The number of thiophene rings is 1. The van der Waals surface area contributed by atoms with Crippen LogP contribution in [0.2, 0.25) is 0 Å². The van der Waals surface area contributed by atoms with E-state index in [0.717, 1.165) is 6.42 Å². The largest absolute Gasteiger partial charge is 0.493 e. The molecule has 9 heteroatoms. The molecule has 0 spiro atoms. The van der Waals surface area contributed by atoms with Crippen LogP contribution in [-0.2, 0) is 12.8 Å². The molecule has 2 aromatic heterocycles. The molecule has 0 fully saturated rings. The minimum Gasteiger partial charge on any atom is -0.493 e. The first-order valence-corrected chi connectivity index (χ1v) is 12.0. The van der Waals surface area contributed by atoms with Gasteiger partial charge in [-0.15, -0.1) is 11.3 Å². The maximum Gasteiger partial charge on any atom is 0.263 e. The van der Waals surface area contributed by atoms with Crippen molar-refractivity contribution in [2.75, 3.05) is 34.4 Å². The van der Waals surface area contributed by atoms with Crippen molar-refractivity contribution in [3.63, 3.8) is 0 Å². The molecule has 0 unspecified atom stereocenters. The SMILES string of the molecule is COc1cc(-c2noc(CCN(CCc3ccccc3)C(=O)c3cccs3)n2)cc(OC)c1OC. The van der Waals surface area contributed by atoms with Gasteiger partial charge in [-0.1, -0.05) is 41.6 Å². The molecule has 8 nitrogen and oxygen atoms in total. The van der Waals surface area contributed by atoms with E-state index in [9.17, 15) is 4.79 Å². The van der Waals surface area contributed by atoms with Gasteiger partial charge in [-0.25, -0.2) is 0 Å². The van der Waals surface area contributed by atoms with Gasteiger partial charge in [0.15, 0.2) is 11.5 Å². The highest BCUT2D eigenvalue weighted by Crippen LogP contribution is 2.40. The van der Waals surface area contributed by atoms with Crippen molar-refractivity contribution >= 4 is 17.2 Å². The van der Waals surface area contributed by atoms with Crippen LogP contribution in [0.15, 0.2) is 64.5 Å². The third-order valence-electron chi connectivity index (χ3n) is 5.52. The zero-order chi connectivity index (χ0) is 24.6. The summed E-state index contributed by atoms with van der Waals surface area (Å²) in [5.41, 5.74) is 1.85. The summed E-state index contributed by atoms with van der Waals surface area (Å²) in [4.78, 5) is 20.2. The summed E-state index contributed by atoms with van der Waals surface area (Å²) in [7, 11) is 4.66. The fourth-order valence-corrected chi connectivity index (χ4v) is 4.38. The van der Waals surface area contributed by atoms with Gasteiger partial charge in [0.1, 0.15) is 0 Å². The standard InChI is InChI=1S/C26H27N3O5S/c1-31-20-16-19(17-21(32-2)24(20)33-3)25-27-23(34-28-25)12-14-29(26(30)22-10-7-15-35-22)13-11-18-8-5-4-6-9-18/h4-10,15-17H,11-14H2,1-3H3. The molecule has 0 bridgehead atoms. The van der Waals surface area contributed by atoms with Gasteiger partial charge in [-0.05, 0) is 35.6 Å². The lowest BCUT2D eigenvalue weighted by Gasteiger charge is -2.21. The van der Waals surface area contributed by atoms with E-state index in [1.54, 1.807) is 33.5 Å². The summed E-state index contributed by atoms with van der Waals surface area (Å²) in [5.74, 6) is 2.34. The highest BCUT2D eigenvalue weighted by molar-refractivity contribution is 7.12. The normalized spacial score (nSPS) is 10.7. The Morgan fingerprint density at radius 3 is 2.29 bits per heavy atom. The Bertz CT molecular complexity index is 1220. The van der Waals surface area contributed by atoms with E-state index in [0.29, 0.717) is 58.9 Å². The maximum atomic E-state index is 13.1. The molecule has 0 N–H and O–H groups in total. The third-order valence-corrected chi connectivity index (χ3v) is 6.38. The Morgan fingerprint density at radius 1 is 0.943 bits per heavy atom. The van der Waals surface area contributed by atoms with Crippen molar-refractivity contribution in [3.05, 3.63) is 76.3 Å². The molecule has 0 radical (unpaired) electrons. The molecular weight excluding hydrogens is 466 g/mol. The van der Waals surface area contributed by atoms with Crippen LogP contribution in [0, 0.1) is 0 Å². The number of rotatable bonds is 11. The molecule has 4 rings (SSSR count). The van der Waals surface area contributed by atoms with Gasteiger partial charge in [0.2, 0.25) is 17.5 Å². The van der Waals surface area contributed by atoms with Crippen molar-refractivity contribution in [1.82, 2.24) is 15.0 Å². The molecule has 0 aliphatic rings. The first-order chi connectivity index (χ1) is 17.1. The Labute approximate surface area is 208 Å². The van der Waals surface area contributed by atoms with Crippen LogP contribution in [0.4, 0.5) is 0 Å². The maximum absolute atomic E-state index is 13.1. The van der Waals surface area contributed by atoms with E-state index in [2.05, 4.69) is 22.3 Å². The minimum atomic E-state index is 0.000275. The quantitative estimate of drug-likeness (QED) is 0.298. The van der Waals surface area contributed by atoms with Crippen LogP contribution in [0.25, 0.3) is 11.4 Å². The number of ether oxygens (including phenoxy) is 3. The summed E-state index contributed by atoms with van der Waals surface area (Å²) < 4.78 is 21.7. The van der Waals surface area contributed by atoms with Crippen molar-refractivity contribution in [1.29, 1.82) is 0 Å². The van der Waals surface area contributed by atoms with Gasteiger partial charge in [-0.3, -0.25) is 4.79 Å². The molecule has 1 amide bonds. The first kappa shape index (κ1) is 24.3. The summed E-state index contributed by atoms with van der Waals surface area (Å²) in [5, 5.41) is 6.03. The Hall–Kier alpha value is -3.85. The van der Waals surface area contributed by atoms with Crippen LogP contribution in [0.3, 0.4) is 0 Å². The molecule has 0 atom stereocenters. The van der Waals surface area contributed by atoms with Crippen molar-refractivity contribution in [3.8, 4) is 28.6 Å². The van der Waals surface area contributed by atoms with Gasteiger partial charge in [0.25, 0.3) is 5.91 Å². The van der Waals surface area contributed by atoms with Gasteiger partial charge in [0, 0.05) is 25.1 Å². The number of hydrogen-bond acceptors (Lipinski definition) is 8. The fourth-order valence-electron chi connectivity index (χ4n) is 3.69. The number of methoxy groups -OCH3 is 3. The molecule has 0 saturated heterocycles. The van der Waals surface area contributed by atoms with Crippen LogP contribution in [0.1, 0.15) is 21.1 Å². The molecule has 2 aromatic carbocycles. The summed E-state index contributed by atoms with van der Waals surface area (Å²) in [6.45, 7) is 1.05. The van der Waals surface area contributed by atoms with Crippen molar-refractivity contribution in [2.24, 2.45) is 0 Å². The van der Waals surface area contributed by atoms with Crippen molar-refractivity contribution in [2.45, 2.75) is 12.8 Å². The number of carbonyl (C=O) groups is 1. The highest BCUT2D eigenvalue weighted by atomic mass is 32.1. The van der Waals surface area contributed by atoms with Gasteiger partial charge in [-0.2, -0.15) is 4.98 Å². The second-order valence-corrected chi connectivity index (χ2v) is 8.63. The number of benzene rings is 2. The number of hydrogen-bond donors (Lipinski definition) is 0. The summed E-state index contributed by atoms with van der Waals surface area (Å²) >= 11 is 1.44. The minimum absolute atomic E-state index is 0.000275. The van der Waals surface area contributed by atoms with Gasteiger partial charge >= 0.3 is 0 Å². The lowest BCUT2D eigenvalue weighted by molar-refractivity contribution is 0.0761. The van der Waals surface area contributed by atoms with Gasteiger partial charge < -0.3 is 23.6 Å². The molecule has 4 aromatic rings. The second-order valence-electron chi connectivity index (χ2n) is 7.68. The third kappa shape index (κ3) is 5.81. The molecule has 35 heavy (non-hydrogen) atoms. The molecule has 182 valence electrons. The summed E-state index contributed by atoms with van der Waals surface area (Å²) in [6, 6.07) is 17.4. The highest BCUT2D eigenvalue weighted by Gasteiger charge is 2.20. The van der Waals surface area contributed by atoms with Gasteiger partial charge in [0.05, 0.1) is 26.2 Å². The average Bonchev–Trinajstić information content (AvgIpc) is 3.61. The van der Waals surface area contributed by atoms with E-state index < -0.39 is 0 Å². The first-order valence-electron chi connectivity index (χ1n) is 11.1. The zero-order valence-electron chi connectivity index (χ0n) is 19.9. The summed E-state index contributed by atoms with van der Waals surface area (Å²) in [6.07, 6.45) is 1.20. The topological polar surface area (TPSA) is 86.9 Å². The van der Waals surface area contributed by atoms with Crippen LogP contribution >= 0.6 is 11.3 Å². The predicted molar refractivity (Wildman–Crippen MR) is 133 cm³/mol. The molecule has 0 aliphatic heterocycles.